The second-order valence-corrected chi connectivity index (χ2v) is 7.53. The molecule has 2 N–H and O–H groups in total. The number of nitrogens with one attached hydrogen (secondary N) is 2. The highest BCUT2D eigenvalue weighted by Crippen LogP contribution is 2.26. The van der Waals surface area contributed by atoms with Crippen LogP contribution in [0.5, 0.6) is 0 Å². The quantitative estimate of drug-likeness (QED) is 0.635. The fourth-order valence-corrected chi connectivity index (χ4v) is 3.39. The molecule has 0 bridgehead atoms. The van der Waals surface area contributed by atoms with Gasteiger partial charge in [0.25, 0.3) is 5.22 Å². The molecule has 0 aliphatic rings. The minimum atomic E-state index is -0.439. The molecule has 6 nitrogen and oxygen atoms in total. The Balaban J connectivity index is 1.53. The number of aryl methyl sites for hydroxylation is 2. The summed E-state index contributed by atoms with van der Waals surface area (Å²) in [5, 5.41) is 5.49. The van der Waals surface area contributed by atoms with Crippen LogP contribution in [0.1, 0.15) is 18.1 Å². The average molecular weight is 383 g/mol. The zero-order valence-corrected chi connectivity index (χ0v) is 16.2. The first-order chi connectivity index (χ1) is 12.9. The Morgan fingerprint density at radius 2 is 1.81 bits per heavy atom. The van der Waals surface area contributed by atoms with E-state index in [9.17, 15) is 9.59 Å². The van der Waals surface area contributed by atoms with E-state index in [-0.39, 0.29) is 18.4 Å². The smallest absolute Gasteiger partial charge is 0.257 e. The number of para-hydroxylation sites is 3. The number of aromatic nitrogens is 1. The second kappa shape index (κ2) is 8.26. The summed E-state index contributed by atoms with van der Waals surface area (Å²) in [7, 11) is 0. The lowest BCUT2D eigenvalue weighted by atomic mass is 10.1. The third-order valence-electron chi connectivity index (χ3n) is 4.09. The lowest BCUT2D eigenvalue weighted by Crippen LogP contribution is -2.37. The molecule has 0 spiro atoms. The van der Waals surface area contributed by atoms with E-state index in [0.717, 1.165) is 22.3 Å². The summed E-state index contributed by atoms with van der Waals surface area (Å²) in [5.41, 5.74) is 4.18. The summed E-state index contributed by atoms with van der Waals surface area (Å²) >= 11 is 1.22. The van der Waals surface area contributed by atoms with E-state index in [4.69, 9.17) is 4.42 Å². The summed E-state index contributed by atoms with van der Waals surface area (Å²) in [4.78, 5) is 28.8. The summed E-state index contributed by atoms with van der Waals surface area (Å²) in [6, 6.07) is 13.2. The highest BCUT2D eigenvalue weighted by atomic mass is 32.2. The van der Waals surface area contributed by atoms with Crippen molar-refractivity contribution in [3.05, 3.63) is 53.6 Å². The van der Waals surface area contributed by atoms with Crippen molar-refractivity contribution in [2.75, 3.05) is 11.9 Å². The molecule has 0 aliphatic heterocycles. The van der Waals surface area contributed by atoms with Gasteiger partial charge in [-0.05, 0) is 44.0 Å². The van der Waals surface area contributed by atoms with Gasteiger partial charge in [-0.2, -0.15) is 0 Å². The first-order valence-corrected chi connectivity index (χ1v) is 9.48. The number of hydrogen-bond donors (Lipinski definition) is 2. The van der Waals surface area contributed by atoms with E-state index >= 15 is 0 Å². The normalized spacial score (nSPS) is 12.0. The molecule has 0 saturated carbocycles. The Morgan fingerprint density at radius 3 is 2.52 bits per heavy atom. The highest BCUT2D eigenvalue weighted by molar-refractivity contribution is 8.00. The fourth-order valence-electron chi connectivity index (χ4n) is 2.61. The molecule has 140 valence electrons. The van der Waals surface area contributed by atoms with Crippen LogP contribution in [0.15, 0.2) is 52.1 Å². The Morgan fingerprint density at radius 1 is 1.11 bits per heavy atom. The third-order valence-corrected chi connectivity index (χ3v) is 5.03. The molecule has 0 radical (unpaired) electrons. The molecule has 3 aromatic rings. The summed E-state index contributed by atoms with van der Waals surface area (Å²) in [5.74, 6) is -0.515. The van der Waals surface area contributed by atoms with Crippen molar-refractivity contribution >= 4 is 40.4 Å². The van der Waals surface area contributed by atoms with Crippen molar-refractivity contribution in [2.24, 2.45) is 0 Å². The lowest BCUT2D eigenvalue weighted by Gasteiger charge is -2.13. The van der Waals surface area contributed by atoms with E-state index in [0.29, 0.717) is 10.8 Å². The van der Waals surface area contributed by atoms with Gasteiger partial charge >= 0.3 is 0 Å². The van der Waals surface area contributed by atoms with Crippen molar-refractivity contribution in [3.8, 4) is 0 Å². The molecule has 0 unspecified atom stereocenters. The standard InChI is InChI=1S/C20H21N3O3S/c1-12-7-6-8-13(2)18(12)23-17(24)11-21-19(25)14(3)27-20-22-15-9-4-5-10-16(15)26-20/h4-10,14H,11H2,1-3H3,(H,21,25)(H,23,24)/t14-/m0/s1. The maximum Gasteiger partial charge on any atom is 0.257 e. The number of benzene rings is 2. The number of amides is 2. The van der Waals surface area contributed by atoms with Gasteiger partial charge in [-0.3, -0.25) is 9.59 Å². The maximum absolute atomic E-state index is 12.3. The maximum atomic E-state index is 12.3. The van der Waals surface area contributed by atoms with Gasteiger partial charge in [0.2, 0.25) is 11.8 Å². The third kappa shape index (κ3) is 4.68. The largest absolute Gasteiger partial charge is 0.431 e. The van der Waals surface area contributed by atoms with Crippen LogP contribution in [0.25, 0.3) is 11.1 Å². The molecular weight excluding hydrogens is 362 g/mol. The molecule has 0 aliphatic carbocycles. The fraction of sp³-hybridized carbons (Fsp3) is 0.250. The Kier molecular flexibility index (Phi) is 5.81. The van der Waals surface area contributed by atoms with Crippen LogP contribution < -0.4 is 10.6 Å². The van der Waals surface area contributed by atoms with Crippen LogP contribution in [-0.4, -0.2) is 28.6 Å². The molecule has 2 amide bonds. The zero-order chi connectivity index (χ0) is 19.4. The average Bonchev–Trinajstić information content (AvgIpc) is 3.05. The predicted molar refractivity (Wildman–Crippen MR) is 107 cm³/mol. The van der Waals surface area contributed by atoms with Crippen molar-refractivity contribution in [1.29, 1.82) is 0 Å². The van der Waals surface area contributed by atoms with Crippen LogP contribution in [0.2, 0.25) is 0 Å². The van der Waals surface area contributed by atoms with Gasteiger partial charge in [-0.1, -0.05) is 42.1 Å². The molecule has 3 rings (SSSR count). The highest BCUT2D eigenvalue weighted by Gasteiger charge is 2.19. The minimum Gasteiger partial charge on any atom is -0.431 e. The van der Waals surface area contributed by atoms with E-state index in [2.05, 4.69) is 15.6 Å². The SMILES string of the molecule is Cc1cccc(C)c1NC(=O)CNC(=O)[C@H](C)Sc1nc2ccccc2o1. The Labute approximate surface area is 161 Å². The van der Waals surface area contributed by atoms with Crippen molar-refractivity contribution in [1.82, 2.24) is 10.3 Å². The van der Waals surface area contributed by atoms with Gasteiger partial charge in [-0.25, -0.2) is 4.98 Å². The number of anilines is 1. The first-order valence-electron chi connectivity index (χ1n) is 8.60. The van der Waals surface area contributed by atoms with Crippen LogP contribution in [0, 0.1) is 13.8 Å². The van der Waals surface area contributed by atoms with E-state index in [1.807, 2.05) is 56.3 Å². The topological polar surface area (TPSA) is 84.2 Å². The van der Waals surface area contributed by atoms with E-state index in [1.54, 1.807) is 6.92 Å². The number of carbonyl (C=O) groups excluding carboxylic acids is 2. The number of rotatable bonds is 6. The molecular formula is C20H21N3O3S. The molecule has 1 heterocycles. The summed E-state index contributed by atoms with van der Waals surface area (Å²) in [6.07, 6.45) is 0. The summed E-state index contributed by atoms with van der Waals surface area (Å²) < 4.78 is 5.61. The van der Waals surface area contributed by atoms with E-state index in [1.165, 1.54) is 11.8 Å². The van der Waals surface area contributed by atoms with Crippen molar-refractivity contribution in [2.45, 2.75) is 31.2 Å². The Bertz CT molecular complexity index is 930. The number of fused-ring (bicyclic) bond motifs is 1. The number of oxazole rings is 1. The lowest BCUT2D eigenvalue weighted by molar-refractivity contribution is -0.123. The van der Waals surface area contributed by atoms with Gasteiger partial charge in [0.1, 0.15) is 5.52 Å². The minimum absolute atomic E-state index is 0.0922. The van der Waals surface area contributed by atoms with Gasteiger partial charge in [-0.15, -0.1) is 0 Å². The molecule has 1 aromatic heterocycles. The van der Waals surface area contributed by atoms with Gasteiger partial charge < -0.3 is 15.1 Å². The molecule has 2 aromatic carbocycles. The molecule has 7 heteroatoms. The van der Waals surface area contributed by atoms with Gasteiger partial charge in [0, 0.05) is 5.69 Å². The van der Waals surface area contributed by atoms with Crippen LogP contribution in [-0.2, 0) is 9.59 Å². The molecule has 0 saturated heterocycles. The zero-order valence-electron chi connectivity index (χ0n) is 15.4. The number of nitrogens with zero attached hydrogens (tertiary/aromatic N) is 1. The molecule has 27 heavy (non-hydrogen) atoms. The molecule has 1 atom stereocenters. The van der Waals surface area contributed by atoms with E-state index < -0.39 is 5.25 Å². The van der Waals surface area contributed by atoms with Crippen LogP contribution in [0.3, 0.4) is 0 Å². The van der Waals surface area contributed by atoms with Gasteiger partial charge in [0.15, 0.2) is 5.58 Å². The Hall–Kier alpha value is -2.80. The van der Waals surface area contributed by atoms with Crippen molar-refractivity contribution in [3.63, 3.8) is 0 Å². The predicted octanol–water partition coefficient (Wildman–Crippen LogP) is 3.68. The molecule has 0 fully saturated rings. The summed E-state index contributed by atoms with van der Waals surface area (Å²) in [6.45, 7) is 5.52. The van der Waals surface area contributed by atoms with Crippen LogP contribution >= 0.6 is 11.8 Å². The number of hydrogen-bond acceptors (Lipinski definition) is 5. The number of thioether (sulfide) groups is 1. The first kappa shape index (κ1) is 19.0. The second-order valence-electron chi connectivity index (χ2n) is 6.24. The van der Waals surface area contributed by atoms with Crippen molar-refractivity contribution < 1.29 is 14.0 Å². The van der Waals surface area contributed by atoms with Gasteiger partial charge in [0.05, 0.1) is 11.8 Å². The van der Waals surface area contributed by atoms with Crippen LogP contribution in [0.4, 0.5) is 5.69 Å². The number of carbonyl (C=O) groups is 2. The monoisotopic (exact) mass is 383 g/mol.